The number of rotatable bonds is 8. The molecule has 0 unspecified atom stereocenters. The smallest absolute Gasteiger partial charge is 0.131 e. The lowest BCUT2D eigenvalue weighted by Crippen LogP contribution is -1.91. The van der Waals surface area contributed by atoms with Crippen molar-refractivity contribution in [3.05, 3.63) is 72.8 Å². The number of nitrogens with zero attached hydrogens (tertiary/aromatic N) is 2. The van der Waals surface area contributed by atoms with Crippen molar-refractivity contribution < 1.29 is 18.9 Å². The Kier molecular flexibility index (Phi) is 6.95. The Balaban J connectivity index is 1.41. The van der Waals surface area contributed by atoms with Crippen molar-refractivity contribution in [2.75, 3.05) is 28.4 Å². The minimum absolute atomic E-state index is 0.777. The number of methoxy groups -OCH3 is 4. The SMILES string of the molecule is COc1cccc(OC)c1-c1ccc(-c2ccc(-c3ccc(-c4c(OC)cccc4OC)s3)c3nsnc23)s1. The largest absolute Gasteiger partial charge is 0.496 e. The highest BCUT2D eigenvalue weighted by atomic mass is 32.1. The third kappa shape index (κ3) is 4.42. The number of ether oxygens (including phenoxy) is 4. The molecule has 3 heterocycles. The van der Waals surface area contributed by atoms with Crippen LogP contribution in [0.25, 0.3) is 52.8 Å². The Morgan fingerprint density at radius 2 is 0.821 bits per heavy atom. The van der Waals surface area contributed by atoms with Gasteiger partial charge >= 0.3 is 0 Å². The van der Waals surface area contributed by atoms with E-state index in [0.717, 1.165) is 75.8 Å². The second-order valence-corrected chi connectivity index (χ2v) is 11.2. The molecule has 0 aliphatic heterocycles. The molecular formula is C30H24N2O4S3. The maximum absolute atomic E-state index is 5.63. The first-order chi connectivity index (χ1) is 19.2. The standard InChI is InChI=1S/C30H24N2O4S3/c1-33-19-7-5-8-20(34-2)27(19)25-15-13-23(37-25)17-11-12-18(30-29(17)31-39-32-30)24-14-16-26(38-24)28-21(35-3)9-6-10-22(28)36-4/h5-16H,1-4H3. The zero-order chi connectivity index (χ0) is 26.9. The van der Waals surface area contributed by atoms with E-state index >= 15 is 0 Å². The van der Waals surface area contributed by atoms with E-state index < -0.39 is 0 Å². The van der Waals surface area contributed by atoms with E-state index in [1.807, 2.05) is 36.4 Å². The zero-order valence-electron chi connectivity index (χ0n) is 21.7. The molecule has 0 fully saturated rings. The first-order valence-electron chi connectivity index (χ1n) is 12.0. The highest BCUT2D eigenvalue weighted by molar-refractivity contribution is 7.19. The number of hydrogen-bond acceptors (Lipinski definition) is 9. The van der Waals surface area contributed by atoms with Crippen LogP contribution in [0.4, 0.5) is 0 Å². The molecule has 3 aromatic carbocycles. The average molecular weight is 573 g/mol. The minimum Gasteiger partial charge on any atom is -0.496 e. The van der Waals surface area contributed by atoms with E-state index in [0.29, 0.717) is 0 Å². The maximum Gasteiger partial charge on any atom is 0.131 e. The fourth-order valence-electron chi connectivity index (χ4n) is 4.69. The molecule has 6 aromatic rings. The second-order valence-electron chi connectivity index (χ2n) is 8.52. The quantitative estimate of drug-likeness (QED) is 0.182. The predicted octanol–water partition coefficient (Wildman–Crippen LogP) is 8.52. The van der Waals surface area contributed by atoms with Gasteiger partial charge in [0.1, 0.15) is 34.0 Å². The van der Waals surface area contributed by atoms with E-state index in [9.17, 15) is 0 Å². The Morgan fingerprint density at radius 3 is 1.18 bits per heavy atom. The van der Waals surface area contributed by atoms with E-state index in [2.05, 4.69) is 36.4 Å². The Labute approximate surface area is 238 Å². The molecule has 9 heteroatoms. The van der Waals surface area contributed by atoms with Crippen LogP contribution in [-0.4, -0.2) is 37.2 Å². The van der Waals surface area contributed by atoms with Crippen LogP contribution in [0.1, 0.15) is 0 Å². The average Bonchev–Trinajstić information content (AvgIpc) is 3.77. The molecule has 0 spiro atoms. The van der Waals surface area contributed by atoms with Gasteiger partial charge in [-0.15, -0.1) is 22.7 Å². The summed E-state index contributed by atoms with van der Waals surface area (Å²) in [4.78, 5) is 4.34. The van der Waals surface area contributed by atoms with Gasteiger partial charge in [0.25, 0.3) is 0 Å². The van der Waals surface area contributed by atoms with Crippen LogP contribution >= 0.6 is 34.4 Å². The first kappa shape index (κ1) is 25.4. The van der Waals surface area contributed by atoms with Gasteiger partial charge in [-0.2, -0.15) is 8.75 Å². The van der Waals surface area contributed by atoms with Crippen molar-refractivity contribution in [3.63, 3.8) is 0 Å². The summed E-state index contributed by atoms with van der Waals surface area (Å²) in [7, 11) is 6.71. The molecule has 0 aliphatic rings. The molecule has 0 N–H and O–H groups in total. The molecule has 196 valence electrons. The fraction of sp³-hybridized carbons (Fsp3) is 0.133. The number of aromatic nitrogens is 2. The van der Waals surface area contributed by atoms with Gasteiger partial charge in [-0.05, 0) is 48.5 Å². The van der Waals surface area contributed by atoms with Crippen molar-refractivity contribution in [1.29, 1.82) is 0 Å². The van der Waals surface area contributed by atoms with Gasteiger partial charge in [0.2, 0.25) is 0 Å². The lowest BCUT2D eigenvalue weighted by molar-refractivity contribution is 0.397. The summed E-state index contributed by atoms with van der Waals surface area (Å²) < 4.78 is 31.9. The van der Waals surface area contributed by atoms with Gasteiger partial charge < -0.3 is 18.9 Å². The zero-order valence-corrected chi connectivity index (χ0v) is 24.1. The molecular weight excluding hydrogens is 549 g/mol. The number of hydrogen-bond donors (Lipinski definition) is 0. The van der Waals surface area contributed by atoms with Crippen LogP contribution in [0.3, 0.4) is 0 Å². The van der Waals surface area contributed by atoms with Crippen molar-refractivity contribution in [2.24, 2.45) is 0 Å². The molecule has 0 radical (unpaired) electrons. The van der Waals surface area contributed by atoms with Crippen LogP contribution in [0.15, 0.2) is 72.8 Å². The van der Waals surface area contributed by atoms with Crippen LogP contribution in [0, 0.1) is 0 Å². The van der Waals surface area contributed by atoms with Gasteiger partial charge in [0.05, 0.1) is 51.3 Å². The summed E-state index contributed by atoms with van der Waals surface area (Å²) in [6.45, 7) is 0. The lowest BCUT2D eigenvalue weighted by atomic mass is 10.1. The molecule has 0 saturated carbocycles. The summed E-state index contributed by atoms with van der Waals surface area (Å²) in [5.74, 6) is 3.11. The van der Waals surface area contributed by atoms with Crippen molar-refractivity contribution in [3.8, 4) is 64.8 Å². The van der Waals surface area contributed by atoms with E-state index in [1.54, 1.807) is 51.1 Å². The summed E-state index contributed by atoms with van der Waals surface area (Å²) >= 11 is 4.59. The normalized spacial score (nSPS) is 11.1. The van der Waals surface area contributed by atoms with Crippen molar-refractivity contribution in [1.82, 2.24) is 8.75 Å². The Bertz CT molecular complexity index is 1610. The van der Waals surface area contributed by atoms with Gasteiger partial charge in [-0.3, -0.25) is 0 Å². The molecule has 0 amide bonds. The molecule has 39 heavy (non-hydrogen) atoms. The molecule has 0 aliphatic carbocycles. The van der Waals surface area contributed by atoms with Crippen molar-refractivity contribution >= 4 is 45.4 Å². The topological polar surface area (TPSA) is 62.7 Å². The van der Waals surface area contributed by atoms with Crippen molar-refractivity contribution in [2.45, 2.75) is 0 Å². The van der Waals surface area contributed by atoms with Gasteiger partial charge in [0, 0.05) is 30.6 Å². The van der Waals surface area contributed by atoms with Gasteiger partial charge in [0.15, 0.2) is 0 Å². The van der Waals surface area contributed by atoms with E-state index in [4.69, 9.17) is 27.7 Å². The third-order valence-corrected chi connectivity index (χ3v) is 9.31. The first-order valence-corrected chi connectivity index (χ1v) is 14.4. The number of fused-ring (bicyclic) bond motifs is 1. The van der Waals surface area contributed by atoms with E-state index in [-0.39, 0.29) is 0 Å². The van der Waals surface area contributed by atoms with Crippen LogP contribution < -0.4 is 18.9 Å². The highest BCUT2D eigenvalue weighted by Crippen LogP contribution is 2.47. The molecule has 6 nitrogen and oxygen atoms in total. The summed E-state index contributed by atoms with van der Waals surface area (Å²) in [6.07, 6.45) is 0. The summed E-state index contributed by atoms with van der Waals surface area (Å²) in [5.41, 5.74) is 5.78. The van der Waals surface area contributed by atoms with Crippen LogP contribution in [-0.2, 0) is 0 Å². The molecule has 0 atom stereocenters. The maximum atomic E-state index is 5.63. The lowest BCUT2D eigenvalue weighted by Gasteiger charge is -2.11. The fourth-order valence-corrected chi connectivity index (χ4v) is 7.43. The molecule has 3 aromatic heterocycles. The monoisotopic (exact) mass is 572 g/mol. The highest BCUT2D eigenvalue weighted by Gasteiger charge is 2.20. The molecule has 0 saturated heterocycles. The predicted molar refractivity (Wildman–Crippen MR) is 161 cm³/mol. The molecule has 0 bridgehead atoms. The number of benzene rings is 3. The van der Waals surface area contributed by atoms with E-state index in [1.165, 1.54) is 11.7 Å². The van der Waals surface area contributed by atoms with Gasteiger partial charge in [-0.1, -0.05) is 24.3 Å². The second kappa shape index (κ2) is 10.7. The Morgan fingerprint density at radius 1 is 0.462 bits per heavy atom. The van der Waals surface area contributed by atoms with Crippen LogP contribution in [0.5, 0.6) is 23.0 Å². The van der Waals surface area contributed by atoms with Crippen LogP contribution in [0.2, 0.25) is 0 Å². The number of thiophene rings is 2. The summed E-state index contributed by atoms with van der Waals surface area (Å²) in [5, 5.41) is 0. The van der Waals surface area contributed by atoms with Gasteiger partial charge in [-0.25, -0.2) is 0 Å². The molecule has 6 rings (SSSR count). The third-order valence-electron chi connectivity index (χ3n) is 6.51. The minimum atomic E-state index is 0.777. The summed E-state index contributed by atoms with van der Waals surface area (Å²) in [6, 6.07) is 24.4. The Hall–Kier alpha value is -3.92.